The Labute approximate surface area is 120 Å². The van der Waals surface area contributed by atoms with Crippen molar-refractivity contribution in [2.45, 2.75) is 13.5 Å². The van der Waals surface area contributed by atoms with Crippen LogP contribution in [0, 0.1) is 5.82 Å². The first-order valence-corrected chi connectivity index (χ1v) is 6.39. The SMILES string of the molecule is CCOCc1nc(N)cc(Nc2cc(F)ccc2Cl)n1. The molecule has 0 unspecified atom stereocenters. The molecule has 2 aromatic rings. The second-order valence-corrected chi connectivity index (χ2v) is 4.39. The van der Waals surface area contributed by atoms with Crippen molar-refractivity contribution in [2.75, 3.05) is 17.7 Å². The molecule has 2 rings (SSSR count). The van der Waals surface area contributed by atoms with Gasteiger partial charge in [-0.15, -0.1) is 0 Å². The summed E-state index contributed by atoms with van der Waals surface area (Å²) in [6.45, 7) is 2.68. The van der Waals surface area contributed by atoms with E-state index in [2.05, 4.69) is 15.3 Å². The third-order valence-corrected chi connectivity index (χ3v) is 2.75. The van der Waals surface area contributed by atoms with Crippen LogP contribution in [0.25, 0.3) is 0 Å². The number of nitrogens with zero attached hydrogens (tertiary/aromatic N) is 2. The number of ether oxygens (including phenoxy) is 1. The molecule has 106 valence electrons. The third kappa shape index (κ3) is 3.79. The molecule has 0 aliphatic heterocycles. The van der Waals surface area contributed by atoms with Gasteiger partial charge in [0.05, 0.1) is 10.7 Å². The predicted octanol–water partition coefficient (Wildman–Crippen LogP) is 3.13. The number of benzene rings is 1. The van der Waals surface area contributed by atoms with Gasteiger partial charge in [-0.2, -0.15) is 0 Å². The molecule has 0 aliphatic rings. The highest BCUT2D eigenvalue weighted by atomic mass is 35.5. The number of rotatable bonds is 5. The molecule has 7 heteroatoms. The van der Waals surface area contributed by atoms with Gasteiger partial charge < -0.3 is 15.8 Å². The summed E-state index contributed by atoms with van der Waals surface area (Å²) in [5.74, 6) is 0.778. The van der Waals surface area contributed by atoms with Gasteiger partial charge in [-0.3, -0.25) is 0 Å². The van der Waals surface area contributed by atoms with E-state index in [0.717, 1.165) is 0 Å². The molecule has 20 heavy (non-hydrogen) atoms. The summed E-state index contributed by atoms with van der Waals surface area (Å²) >= 11 is 5.98. The van der Waals surface area contributed by atoms with Crippen molar-refractivity contribution in [3.8, 4) is 0 Å². The van der Waals surface area contributed by atoms with Gasteiger partial charge in [0, 0.05) is 12.7 Å². The van der Waals surface area contributed by atoms with Gasteiger partial charge in [-0.25, -0.2) is 14.4 Å². The fourth-order valence-corrected chi connectivity index (χ4v) is 1.74. The van der Waals surface area contributed by atoms with Crippen molar-refractivity contribution >= 4 is 28.9 Å². The molecule has 1 heterocycles. The molecule has 0 radical (unpaired) electrons. The summed E-state index contributed by atoms with van der Waals surface area (Å²) < 4.78 is 18.4. The van der Waals surface area contributed by atoms with Crippen LogP contribution in [-0.2, 0) is 11.3 Å². The van der Waals surface area contributed by atoms with Crippen LogP contribution < -0.4 is 11.1 Å². The standard InChI is InChI=1S/C13H14ClFN4O/c1-2-20-7-13-18-11(16)6-12(19-13)17-10-5-8(15)3-4-9(10)14/h3-6H,2,7H2,1H3,(H3,16,17,18,19). The van der Waals surface area contributed by atoms with E-state index >= 15 is 0 Å². The second-order valence-electron chi connectivity index (χ2n) is 3.98. The molecule has 1 aromatic carbocycles. The molecule has 0 saturated carbocycles. The van der Waals surface area contributed by atoms with Crippen LogP contribution in [0.3, 0.4) is 0 Å². The Balaban J connectivity index is 2.24. The normalized spacial score (nSPS) is 10.6. The predicted molar refractivity (Wildman–Crippen MR) is 76.5 cm³/mol. The number of anilines is 3. The minimum absolute atomic E-state index is 0.257. The highest BCUT2D eigenvalue weighted by Gasteiger charge is 2.07. The van der Waals surface area contributed by atoms with Gasteiger partial charge in [0.15, 0.2) is 5.82 Å². The maximum absolute atomic E-state index is 13.2. The van der Waals surface area contributed by atoms with Crippen LogP contribution in [0.5, 0.6) is 0 Å². The average molecular weight is 297 g/mol. The van der Waals surface area contributed by atoms with Crippen molar-refractivity contribution in [3.63, 3.8) is 0 Å². The zero-order chi connectivity index (χ0) is 14.5. The Bertz CT molecular complexity index is 609. The molecule has 5 nitrogen and oxygen atoms in total. The van der Waals surface area contributed by atoms with Gasteiger partial charge in [-0.05, 0) is 25.1 Å². The third-order valence-electron chi connectivity index (χ3n) is 2.42. The lowest BCUT2D eigenvalue weighted by Crippen LogP contribution is -2.05. The molecule has 0 aliphatic carbocycles. The van der Waals surface area contributed by atoms with Crippen LogP contribution in [0.2, 0.25) is 5.02 Å². The molecular weight excluding hydrogens is 283 g/mol. The van der Waals surface area contributed by atoms with E-state index in [1.807, 2.05) is 6.92 Å². The number of hydrogen-bond acceptors (Lipinski definition) is 5. The van der Waals surface area contributed by atoms with Crippen LogP contribution >= 0.6 is 11.6 Å². The first-order chi connectivity index (χ1) is 9.58. The van der Waals surface area contributed by atoms with Gasteiger partial charge >= 0.3 is 0 Å². The highest BCUT2D eigenvalue weighted by molar-refractivity contribution is 6.33. The maximum Gasteiger partial charge on any atom is 0.158 e. The van der Waals surface area contributed by atoms with Crippen molar-refractivity contribution in [3.05, 3.63) is 40.9 Å². The summed E-state index contributed by atoms with van der Waals surface area (Å²) in [4.78, 5) is 8.28. The summed E-state index contributed by atoms with van der Waals surface area (Å²) in [5, 5.41) is 3.30. The zero-order valence-electron chi connectivity index (χ0n) is 10.9. The minimum Gasteiger partial charge on any atom is -0.384 e. The van der Waals surface area contributed by atoms with E-state index in [-0.39, 0.29) is 6.61 Å². The molecule has 0 amide bonds. The monoisotopic (exact) mass is 296 g/mol. The minimum atomic E-state index is -0.395. The Morgan fingerprint density at radius 1 is 1.35 bits per heavy atom. The first-order valence-electron chi connectivity index (χ1n) is 6.01. The summed E-state index contributed by atoms with van der Waals surface area (Å²) in [7, 11) is 0. The second kappa shape index (κ2) is 6.49. The number of nitrogen functional groups attached to an aromatic ring is 1. The van der Waals surface area contributed by atoms with Crippen LogP contribution in [0.1, 0.15) is 12.7 Å². The van der Waals surface area contributed by atoms with E-state index in [0.29, 0.717) is 34.8 Å². The largest absolute Gasteiger partial charge is 0.384 e. The number of hydrogen-bond donors (Lipinski definition) is 2. The van der Waals surface area contributed by atoms with Crippen LogP contribution in [0.4, 0.5) is 21.7 Å². The van der Waals surface area contributed by atoms with Crippen molar-refractivity contribution < 1.29 is 9.13 Å². The van der Waals surface area contributed by atoms with Gasteiger partial charge in [-0.1, -0.05) is 11.6 Å². The molecule has 3 N–H and O–H groups in total. The molecule has 1 aromatic heterocycles. The molecule has 0 bridgehead atoms. The molecule has 0 atom stereocenters. The molecule has 0 fully saturated rings. The van der Waals surface area contributed by atoms with Crippen molar-refractivity contribution in [1.82, 2.24) is 9.97 Å². The lowest BCUT2D eigenvalue weighted by atomic mass is 10.3. The lowest BCUT2D eigenvalue weighted by molar-refractivity contribution is 0.128. The fraction of sp³-hybridized carbons (Fsp3) is 0.231. The van der Waals surface area contributed by atoms with Crippen molar-refractivity contribution in [1.29, 1.82) is 0 Å². The first kappa shape index (κ1) is 14.5. The Kier molecular flexibility index (Phi) is 4.70. The van der Waals surface area contributed by atoms with E-state index in [9.17, 15) is 4.39 Å². The van der Waals surface area contributed by atoms with E-state index < -0.39 is 5.82 Å². The maximum atomic E-state index is 13.2. The Morgan fingerprint density at radius 2 is 2.15 bits per heavy atom. The highest BCUT2D eigenvalue weighted by Crippen LogP contribution is 2.25. The molecule has 0 saturated heterocycles. The number of aromatic nitrogens is 2. The zero-order valence-corrected chi connectivity index (χ0v) is 11.6. The summed E-state index contributed by atoms with van der Waals surface area (Å²) in [6, 6.07) is 5.56. The van der Waals surface area contributed by atoms with Gasteiger partial charge in [0.25, 0.3) is 0 Å². The fourth-order valence-electron chi connectivity index (χ4n) is 1.57. The lowest BCUT2D eigenvalue weighted by Gasteiger charge is -2.10. The number of halogens is 2. The topological polar surface area (TPSA) is 73.1 Å². The van der Waals surface area contributed by atoms with Crippen LogP contribution in [0.15, 0.2) is 24.3 Å². The van der Waals surface area contributed by atoms with Gasteiger partial charge in [0.2, 0.25) is 0 Å². The quantitative estimate of drug-likeness (QED) is 0.887. The number of nitrogens with one attached hydrogen (secondary N) is 1. The van der Waals surface area contributed by atoms with Gasteiger partial charge in [0.1, 0.15) is 24.1 Å². The summed E-state index contributed by atoms with van der Waals surface area (Å²) in [6.07, 6.45) is 0. The number of nitrogens with two attached hydrogens (primary N) is 1. The Morgan fingerprint density at radius 3 is 2.90 bits per heavy atom. The van der Waals surface area contributed by atoms with Crippen molar-refractivity contribution in [2.24, 2.45) is 0 Å². The van der Waals surface area contributed by atoms with E-state index in [1.54, 1.807) is 0 Å². The smallest absolute Gasteiger partial charge is 0.158 e. The van der Waals surface area contributed by atoms with Crippen LogP contribution in [-0.4, -0.2) is 16.6 Å². The van der Waals surface area contributed by atoms with E-state index in [1.165, 1.54) is 24.3 Å². The average Bonchev–Trinajstić information content (AvgIpc) is 2.40. The summed E-state index contributed by atoms with van der Waals surface area (Å²) in [5.41, 5.74) is 6.11. The molecular formula is C13H14ClFN4O. The molecule has 0 spiro atoms. The Hall–Kier alpha value is -1.92. The van der Waals surface area contributed by atoms with E-state index in [4.69, 9.17) is 22.1 Å².